The maximum absolute atomic E-state index is 12.7. The molecule has 2 aliphatic rings. The van der Waals surface area contributed by atoms with E-state index in [1.165, 1.54) is 48.5 Å². The lowest BCUT2D eigenvalue weighted by Crippen LogP contribution is -2.30. The molecule has 1 heterocycles. The zero-order valence-corrected chi connectivity index (χ0v) is 17.3. The Balaban J connectivity index is 1.35. The lowest BCUT2D eigenvalue weighted by atomic mass is 9.85. The molecule has 0 saturated carbocycles. The number of nitrogens with zero attached hydrogens (tertiary/aromatic N) is 2. The van der Waals surface area contributed by atoms with Gasteiger partial charge in [0.05, 0.1) is 28.0 Å². The van der Waals surface area contributed by atoms with Crippen molar-refractivity contribution in [2.45, 2.75) is 12.8 Å². The van der Waals surface area contributed by atoms with Gasteiger partial charge in [-0.3, -0.25) is 29.4 Å². The van der Waals surface area contributed by atoms with Crippen molar-refractivity contribution >= 4 is 40.8 Å². The van der Waals surface area contributed by atoms with Crippen LogP contribution in [0, 0.1) is 22.0 Å². The molecule has 1 aliphatic heterocycles. The minimum absolute atomic E-state index is 0.139. The van der Waals surface area contributed by atoms with Crippen LogP contribution < -0.4 is 10.2 Å². The second kappa shape index (κ2) is 9.03. The number of nitro groups is 1. The molecule has 168 valence electrons. The fourth-order valence-electron chi connectivity index (χ4n) is 3.91. The molecule has 4 rings (SSSR count). The van der Waals surface area contributed by atoms with Gasteiger partial charge in [-0.05, 0) is 43.2 Å². The quantitative estimate of drug-likeness (QED) is 0.235. The highest BCUT2D eigenvalue weighted by Crippen LogP contribution is 2.37. The maximum Gasteiger partial charge on any atom is 0.338 e. The molecule has 2 aromatic rings. The average molecular weight is 449 g/mol. The standard InChI is InChI=1S/C23H19N3O7/c27-20(24-15-4-3-5-17(12-15)26(31)32)13-33-23(30)14-8-10-16(11-9-14)25-21(28)18-6-1-2-7-19(18)22(25)29/h1-5,8-12,18-19H,6-7,13H2,(H,24,27)/t18-,19-/m0/s1. The molecule has 1 N–H and O–H groups in total. The largest absolute Gasteiger partial charge is 0.452 e. The van der Waals surface area contributed by atoms with Crippen molar-refractivity contribution in [1.82, 2.24) is 0 Å². The van der Waals surface area contributed by atoms with Gasteiger partial charge in [-0.15, -0.1) is 0 Å². The second-order valence-electron chi connectivity index (χ2n) is 7.65. The van der Waals surface area contributed by atoms with Gasteiger partial charge in [-0.25, -0.2) is 4.79 Å². The molecule has 10 heteroatoms. The Morgan fingerprint density at radius 2 is 1.67 bits per heavy atom. The smallest absolute Gasteiger partial charge is 0.338 e. The van der Waals surface area contributed by atoms with Crippen LogP contribution >= 0.6 is 0 Å². The van der Waals surface area contributed by atoms with E-state index in [1.54, 1.807) is 0 Å². The van der Waals surface area contributed by atoms with Crippen LogP contribution in [0.3, 0.4) is 0 Å². The number of imide groups is 1. The van der Waals surface area contributed by atoms with Gasteiger partial charge in [-0.2, -0.15) is 0 Å². The molecule has 2 aromatic carbocycles. The van der Waals surface area contributed by atoms with E-state index in [0.717, 1.165) is 4.90 Å². The van der Waals surface area contributed by atoms with E-state index in [1.807, 2.05) is 12.2 Å². The zero-order valence-electron chi connectivity index (χ0n) is 17.3. The Labute approximate surface area is 188 Å². The predicted octanol–water partition coefficient (Wildman–Crippen LogP) is 2.85. The Hall–Kier alpha value is -4.34. The van der Waals surface area contributed by atoms with Crippen LogP contribution in [0.15, 0.2) is 60.7 Å². The number of nitrogens with one attached hydrogen (secondary N) is 1. The number of amides is 3. The summed E-state index contributed by atoms with van der Waals surface area (Å²) < 4.78 is 4.98. The van der Waals surface area contributed by atoms with Crippen molar-refractivity contribution in [2.75, 3.05) is 16.8 Å². The van der Waals surface area contributed by atoms with Crippen LogP contribution in [0.2, 0.25) is 0 Å². The van der Waals surface area contributed by atoms with Crippen molar-refractivity contribution in [3.8, 4) is 0 Å². The van der Waals surface area contributed by atoms with E-state index in [2.05, 4.69) is 5.32 Å². The third-order valence-corrected chi connectivity index (χ3v) is 5.54. The first kappa shape index (κ1) is 21.9. The van der Waals surface area contributed by atoms with Gasteiger partial charge in [0.25, 0.3) is 11.6 Å². The molecule has 0 radical (unpaired) electrons. The number of carbonyl (C=O) groups is 4. The molecule has 2 atom stereocenters. The molecular weight excluding hydrogens is 430 g/mol. The van der Waals surface area contributed by atoms with E-state index in [0.29, 0.717) is 18.5 Å². The lowest BCUT2D eigenvalue weighted by molar-refractivity contribution is -0.384. The van der Waals surface area contributed by atoms with Crippen molar-refractivity contribution in [1.29, 1.82) is 0 Å². The monoisotopic (exact) mass is 449 g/mol. The maximum atomic E-state index is 12.7. The summed E-state index contributed by atoms with van der Waals surface area (Å²) in [4.78, 5) is 60.9. The van der Waals surface area contributed by atoms with Crippen molar-refractivity contribution in [2.24, 2.45) is 11.8 Å². The third kappa shape index (κ3) is 4.49. The molecule has 0 bridgehead atoms. The highest BCUT2D eigenvalue weighted by molar-refractivity contribution is 6.22. The minimum Gasteiger partial charge on any atom is -0.452 e. The molecule has 0 spiro atoms. The highest BCUT2D eigenvalue weighted by Gasteiger charge is 2.47. The molecule has 0 unspecified atom stereocenters. The summed E-state index contributed by atoms with van der Waals surface area (Å²) in [6.45, 7) is -0.595. The number of non-ortho nitro benzene ring substituents is 1. The van der Waals surface area contributed by atoms with E-state index >= 15 is 0 Å². The fraction of sp³-hybridized carbons (Fsp3) is 0.217. The first-order valence-electron chi connectivity index (χ1n) is 10.2. The molecular formula is C23H19N3O7. The fourth-order valence-corrected chi connectivity index (χ4v) is 3.91. The normalized spacial score (nSPS) is 19.2. The average Bonchev–Trinajstić information content (AvgIpc) is 3.08. The number of fused-ring (bicyclic) bond motifs is 1. The van der Waals surface area contributed by atoms with Gasteiger partial charge >= 0.3 is 5.97 Å². The summed E-state index contributed by atoms with van der Waals surface area (Å²) in [5.41, 5.74) is 0.528. The Kier molecular flexibility index (Phi) is 5.99. The molecule has 1 fully saturated rings. The SMILES string of the molecule is O=C(COC(=O)c1ccc(N2C(=O)[C@H]3CC=CC[C@@H]3C2=O)cc1)Nc1cccc([N+](=O)[O-])c1. The van der Waals surface area contributed by atoms with Gasteiger partial charge < -0.3 is 10.1 Å². The summed E-state index contributed by atoms with van der Waals surface area (Å²) in [6, 6.07) is 11.2. The molecule has 3 amide bonds. The first-order valence-corrected chi connectivity index (χ1v) is 10.2. The van der Waals surface area contributed by atoms with Crippen molar-refractivity contribution < 1.29 is 28.8 Å². The minimum atomic E-state index is -0.771. The predicted molar refractivity (Wildman–Crippen MR) is 116 cm³/mol. The summed E-state index contributed by atoms with van der Waals surface area (Å²) in [5, 5.41) is 13.2. The lowest BCUT2D eigenvalue weighted by Gasteiger charge is -2.15. The topological polar surface area (TPSA) is 136 Å². The molecule has 1 saturated heterocycles. The van der Waals surface area contributed by atoms with Gasteiger partial charge in [0.2, 0.25) is 11.8 Å². The summed E-state index contributed by atoms with van der Waals surface area (Å²) >= 11 is 0. The number of nitro benzene ring substituents is 1. The number of allylic oxidation sites excluding steroid dienone is 2. The number of ether oxygens (including phenoxy) is 1. The number of hydrogen-bond donors (Lipinski definition) is 1. The van der Waals surface area contributed by atoms with E-state index in [4.69, 9.17) is 4.74 Å². The van der Waals surface area contributed by atoms with Crippen LogP contribution in [0.4, 0.5) is 17.1 Å². The summed E-state index contributed by atoms with van der Waals surface area (Å²) in [7, 11) is 0. The van der Waals surface area contributed by atoms with Crippen molar-refractivity contribution in [3.05, 3.63) is 76.4 Å². The Morgan fingerprint density at radius 3 is 2.27 bits per heavy atom. The zero-order chi connectivity index (χ0) is 23.5. The number of anilines is 2. The molecule has 0 aromatic heterocycles. The van der Waals surface area contributed by atoms with E-state index in [-0.39, 0.29) is 40.6 Å². The van der Waals surface area contributed by atoms with Crippen LogP contribution in [0.1, 0.15) is 23.2 Å². The molecule has 1 aliphatic carbocycles. The number of benzene rings is 2. The van der Waals surface area contributed by atoms with Gasteiger partial charge in [0, 0.05) is 17.8 Å². The van der Waals surface area contributed by atoms with E-state index < -0.39 is 23.4 Å². The van der Waals surface area contributed by atoms with E-state index in [9.17, 15) is 29.3 Å². The van der Waals surface area contributed by atoms with Gasteiger partial charge in [0.1, 0.15) is 0 Å². The Morgan fingerprint density at radius 1 is 1.03 bits per heavy atom. The van der Waals surface area contributed by atoms with Gasteiger partial charge in [0.15, 0.2) is 6.61 Å². The summed E-state index contributed by atoms with van der Waals surface area (Å²) in [5.74, 6) is -2.63. The van der Waals surface area contributed by atoms with Crippen LogP contribution in [-0.4, -0.2) is 35.2 Å². The van der Waals surface area contributed by atoms with Crippen LogP contribution in [-0.2, 0) is 19.1 Å². The van der Waals surface area contributed by atoms with Crippen LogP contribution in [0.5, 0.6) is 0 Å². The first-order chi connectivity index (χ1) is 15.8. The Bertz CT molecular complexity index is 1150. The molecule has 10 nitrogen and oxygen atoms in total. The van der Waals surface area contributed by atoms with Crippen molar-refractivity contribution in [3.63, 3.8) is 0 Å². The van der Waals surface area contributed by atoms with Crippen LogP contribution in [0.25, 0.3) is 0 Å². The van der Waals surface area contributed by atoms with Gasteiger partial charge in [-0.1, -0.05) is 18.2 Å². The summed E-state index contributed by atoms with van der Waals surface area (Å²) in [6.07, 6.45) is 4.89. The number of esters is 1. The number of rotatable bonds is 6. The molecule has 33 heavy (non-hydrogen) atoms. The third-order valence-electron chi connectivity index (χ3n) is 5.54. The number of carbonyl (C=O) groups excluding carboxylic acids is 4. The second-order valence-corrected chi connectivity index (χ2v) is 7.65. The highest BCUT2D eigenvalue weighted by atomic mass is 16.6. The number of hydrogen-bond acceptors (Lipinski definition) is 7.